The lowest BCUT2D eigenvalue weighted by atomic mass is 10.2. The summed E-state index contributed by atoms with van der Waals surface area (Å²) in [6.07, 6.45) is 5.28. The van der Waals surface area contributed by atoms with Crippen LogP contribution in [-0.4, -0.2) is 35.9 Å². The van der Waals surface area contributed by atoms with Crippen LogP contribution in [0.15, 0.2) is 48.4 Å². The quantitative estimate of drug-likeness (QED) is 0.363. The summed E-state index contributed by atoms with van der Waals surface area (Å²) in [4.78, 5) is 16.7. The molecule has 3 heterocycles. The van der Waals surface area contributed by atoms with Crippen LogP contribution in [0.3, 0.4) is 0 Å². The van der Waals surface area contributed by atoms with Gasteiger partial charge < -0.3 is 9.13 Å². The molecule has 0 saturated carbocycles. The van der Waals surface area contributed by atoms with Crippen LogP contribution in [0.2, 0.25) is 0 Å². The van der Waals surface area contributed by atoms with Crippen LogP contribution >= 0.6 is 11.8 Å². The molecule has 0 spiro atoms. The first-order valence-corrected chi connectivity index (χ1v) is 9.25. The van der Waals surface area contributed by atoms with Gasteiger partial charge in [0.1, 0.15) is 0 Å². The standard InChI is InChI=1S/C19H21N5OS/c1-5-10-24-13(2)11-16(14(24)3)17(25)12-26-19-22-21-18(23(19)4)15-6-8-20-9-7-15/h5-9,11H,1,10,12H2,2-4H3. The fourth-order valence-corrected chi connectivity index (χ4v) is 3.69. The zero-order valence-electron chi connectivity index (χ0n) is 15.1. The number of hydrogen-bond donors (Lipinski definition) is 0. The summed E-state index contributed by atoms with van der Waals surface area (Å²) in [6, 6.07) is 5.72. The Morgan fingerprint density at radius 2 is 2.00 bits per heavy atom. The number of carbonyl (C=O) groups excluding carboxylic acids is 1. The topological polar surface area (TPSA) is 65.6 Å². The second-order valence-electron chi connectivity index (χ2n) is 6.00. The van der Waals surface area contributed by atoms with E-state index in [0.29, 0.717) is 17.5 Å². The summed E-state index contributed by atoms with van der Waals surface area (Å²) in [7, 11) is 1.90. The van der Waals surface area contributed by atoms with E-state index in [9.17, 15) is 4.79 Å². The number of aryl methyl sites for hydroxylation is 1. The highest BCUT2D eigenvalue weighted by molar-refractivity contribution is 7.99. The summed E-state index contributed by atoms with van der Waals surface area (Å²) in [6.45, 7) is 8.45. The van der Waals surface area contributed by atoms with Crippen LogP contribution in [0.25, 0.3) is 11.4 Å². The zero-order chi connectivity index (χ0) is 18.7. The van der Waals surface area contributed by atoms with Crippen LogP contribution in [-0.2, 0) is 13.6 Å². The fourth-order valence-electron chi connectivity index (χ4n) is 2.89. The molecule has 0 N–H and O–H groups in total. The number of hydrogen-bond acceptors (Lipinski definition) is 5. The summed E-state index contributed by atoms with van der Waals surface area (Å²) < 4.78 is 3.99. The molecule has 0 saturated heterocycles. The van der Waals surface area contributed by atoms with Crippen molar-refractivity contribution in [3.05, 3.63) is 60.2 Å². The minimum Gasteiger partial charge on any atom is -0.345 e. The van der Waals surface area contributed by atoms with Crippen LogP contribution in [0.1, 0.15) is 21.7 Å². The molecule has 0 fully saturated rings. The third-order valence-electron chi connectivity index (χ3n) is 4.29. The van der Waals surface area contributed by atoms with E-state index < -0.39 is 0 Å². The van der Waals surface area contributed by atoms with E-state index in [1.807, 2.05) is 49.7 Å². The van der Waals surface area contributed by atoms with Crippen molar-refractivity contribution in [2.75, 3.05) is 5.75 Å². The van der Waals surface area contributed by atoms with E-state index in [1.54, 1.807) is 12.4 Å². The number of pyridine rings is 1. The summed E-state index contributed by atoms with van der Waals surface area (Å²) in [5.74, 6) is 1.17. The third kappa shape index (κ3) is 3.48. The minimum absolute atomic E-state index is 0.0897. The number of rotatable bonds is 7. The maximum atomic E-state index is 12.7. The number of thioether (sulfide) groups is 1. The Labute approximate surface area is 157 Å². The van der Waals surface area contributed by atoms with Gasteiger partial charge in [-0.15, -0.1) is 16.8 Å². The van der Waals surface area contributed by atoms with E-state index in [4.69, 9.17) is 0 Å². The first kappa shape index (κ1) is 18.1. The molecule has 0 aliphatic carbocycles. The molecule has 134 valence electrons. The van der Waals surface area contributed by atoms with Gasteiger partial charge in [-0.1, -0.05) is 17.8 Å². The molecule has 3 aromatic rings. The van der Waals surface area contributed by atoms with Crippen molar-refractivity contribution in [2.24, 2.45) is 7.05 Å². The first-order valence-electron chi connectivity index (χ1n) is 8.26. The first-order chi connectivity index (χ1) is 12.5. The molecule has 0 atom stereocenters. The monoisotopic (exact) mass is 367 g/mol. The normalized spacial score (nSPS) is 10.9. The average Bonchev–Trinajstić information content (AvgIpc) is 3.15. The van der Waals surface area contributed by atoms with Crippen LogP contribution in [0.5, 0.6) is 0 Å². The van der Waals surface area contributed by atoms with E-state index in [1.165, 1.54) is 11.8 Å². The molecule has 0 amide bonds. The lowest BCUT2D eigenvalue weighted by molar-refractivity contribution is 0.102. The highest BCUT2D eigenvalue weighted by Crippen LogP contribution is 2.24. The molecule has 3 rings (SSSR count). The fraction of sp³-hybridized carbons (Fsp3) is 0.263. The zero-order valence-corrected chi connectivity index (χ0v) is 16.0. The van der Waals surface area contributed by atoms with Gasteiger partial charge in [-0.2, -0.15) is 0 Å². The maximum absolute atomic E-state index is 12.7. The van der Waals surface area contributed by atoms with Gasteiger partial charge in [0.2, 0.25) is 0 Å². The summed E-state index contributed by atoms with van der Waals surface area (Å²) in [5.41, 5.74) is 3.74. The molecule has 0 radical (unpaired) electrons. The van der Waals surface area contributed by atoms with Crippen molar-refractivity contribution < 1.29 is 4.79 Å². The van der Waals surface area contributed by atoms with Gasteiger partial charge in [0.05, 0.1) is 5.75 Å². The van der Waals surface area contributed by atoms with Gasteiger partial charge in [-0.05, 0) is 32.0 Å². The minimum atomic E-state index is 0.0897. The van der Waals surface area contributed by atoms with E-state index in [0.717, 1.165) is 28.3 Å². The van der Waals surface area contributed by atoms with Crippen LogP contribution < -0.4 is 0 Å². The number of nitrogens with zero attached hydrogens (tertiary/aromatic N) is 5. The molecule has 6 nitrogen and oxygen atoms in total. The Hall–Kier alpha value is -2.67. The molecule has 0 aliphatic heterocycles. The van der Waals surface area contributed by atoms with Gasteiger partial charge >= 0.3 is 0 Å². The molecule has 3 aromatic heterocycles. The number of ketones is 1. The Kier molecular flexibility index (Phi) is 5.37. The van der Waals surface area contributed by atoms with Gasteiger partial charge in [-0.3, -0.25) is 9.78 Å². The second kappa shape index (κ2) is 7.70. The van der Waals surface area contributed by atoms with Gasteiger partial charge in [0.15, 0.2) is 16.8 Å². The Morgan fingerprint density at radius 3 is 2.69 bits per heavy atom. The average molecular weight is 367 g/mol. The highest BCUT2D eigenvalue weighted by Gasteiger charge is 2.17. The van der Waals surface area contributed by atoms with E-state index in [-0.39, 0.29) is 5.78 Å². The third-order valence-corrected chi connectivity index (χ3v) is 5.31. The van der Waals surface area contributed by atoms with Crippen molar-refractivity contribution in [1.29, 1.82) is 0 Å². The second-order valence-corrected chi connectivity index (χ2v) is 6.94. The Balaban J connectivity index is 1.74. The summed E-state index contributed by atoms with van der Waals surface area (Å²) >= 11 is 1.40. The van der Waals surface area contributed by atoms with Crippen molar-refractivity contribution >= 4 is 17.5 Å². The van der Waals surface area contributed by atoms with Crippen molar-refractivity contribution in [2.45, 2.75) is 25.5 Å². The Morgan fingerprint density at radius 1 is 1.27 bits per heavy atom. The lowest BCUT2D eigenvalue weighted by Gasteiger charge is -2.06. The van der Waals surface area contributed by atoms with E-state index >= 15 is 0 Å². The predicted molar refractivity (Wildman–Crippen MR) is 103 cm³/mol. The SMILES string of the molecule is C=CCn1c(C)cc(C(=O)CSc2nnc(-c3ccncc3)n2C)c1C. The van der Waals surface area contributed by atoms with Crippen molar-refractivity contribution in [3.63, 3.8) is 0 Å². The number of carbonyl (C=O) groups is 1. The molecule has 0 unspecified atom stereocenters. The lowest BCUT2D eigenvalue weighted by Crippen LogP contribution is -2.07. The largest absolute Gasteiger partial charge is 0.345 e. The molecule has 7 heteroatoms. The molecule has 0 aromatic carbocycles. The molecule has 0 aliphatic rings. The molecule has 0 bridgehead atoms. The van der Waals surface area contributed by atoms with Crippen molar-refractivity contribution in [3.8, 4) is 11.4 Å². The predicted octanol–water partition coefficient (Wildman–Crippen LogP) is 3.46. The van der Waals surface area contributed by atoms with Crippen LogP contribution in [0, 0.1) is 13.8 Å². The van der Waals surface area contributed by atoms with Gasteiger partial charge in [0.25, 0.3) is 0 Å². The molecule has 26 heavy (non-hydrogen) atoms. The smallest absolute Gasteiger partial charge is 0.191 e. The summed E-state index contributed by atoms with van der Waals surface area (Å²) in [5, 5.41) is 9.16. The van der Waals surface area contributed by atoms with Gasteiger partial charge in [0, 0.05) is 48.5 Å². The maximum Gasteiger partial charge on any atom is 0.191 e. The number of Topliss-reactive ketones (excluding diaryl/α,β-unsaturated/α-hetero) is 1. The Bertz CT molecular complexity index is 942. The highest BCUT2D eigenvalue weighted by atomic mass is 32.2. The number of allylic oxidation sites excluding steroid dienone is 1. The number of aromatic nitrogens is 5. The van der Waals surface area contributed by atoms with Crippen LogP contribution in [0.4, 0.5) is 0 Å². The molecular formula is C19H21N5OS. The molecular weight excluding hydrogens is 346 g/mol. The van der Waals surface area contributed by atoms with Gasteiger partial charge in [-0.25, -0.2) is 0 Å². The van der Waals surface area contributed by atoms with E-state index in [2.05, 4.69) is 26.3 Å². The van der Waals surface area contributed by atoms with Crippen molar-refractivity contribution in [1.82, 2.24) is 24.3 Å².